The zero-order chi connectivity index (χ0) is 11.2. The van der Waals surface area contributed by atoms with Gasteiger partial charge in [-0.15, -0.1) is 23.2 Å². The van der Waals surface area contributed by atoms with E-state index in [0.717, 1.165) is 6.42 Å². The maximum atomic E-state index is 11.6. The number of hydrogen-bond acceptors (Lipinski definition) is 1. The van der Waals surface area contributed by atoms with Gasteiger partial charge in [-0.05, 0) is 6.42 Å². The molecule has 14 heavy (non-hydrogen) atoms. The summed E-state index contributed by atoms with van der Waals surface area (Å²) < 4.78 is -0.655. The number of rotatable bonds is 2. The van der Waals surface area contributed by atoms with E-state index in [1.807, 2.05) is 27.7 Å². The Morgan fingerprint density at radius 1 is 1.43 bits per heavy atom. The van der Waals surface area contributed by atoms with Crippen molar-refractivity contribution in [2.24, 2.45) is 10.8 Å². The van der Waals surface area contributed by atoms with Gasteiger partial charge in [0, 0.05) is 17.4 Å². The highest BCUT2D eigenvalue weighted by Gasteiger charge is 2.62. The quantitative estimate of drug-likeness (QED) is 0.736. The second-order valence-corrected chi connectivity index (χ2v) is 6.86. The molecule has 0 aromatic rings. The Balaban J connectivity index is 2.40. The number of carbonyl (C=O) groups is 1. The highest BCUT2D eigenvalue weighted by Crippen LogP contribution is 2.63. The third kappa shape index (κ3) is 2.34. The van der Waals surface area contributed by atoms with Crippen molar-refractivity contribution in [1.29, 1.82) is 0 Å². The van der Waals surface area contributed by atoms with Gasteiger partial charge in [0.2, 0.25) is 5.91 Å². The Bertz CT molecular complexity index is 257. The number of amides is 1. The molecule has 0 aromatic heterocycles. The predicted octanol–water partition coefficient (Wildman–Crippen LogP) is 2.73. The van der Waals surface area contributed by atoms with Crippen molar-refractivity contribution in [3.05, 3.63) is 0 Å². The van der Waals surface area contributed by atoms with Gasteiger partial charge in [-0.25, -0.2) is 0 Å². The molecule has 1 aliphatic carbocycles. The molecule has 82 valence electrons. The molecule has 0 bridgehead atoms. The lowest BCUT2D eigenvalue weighted by atomic mass is 9.95. The molecule has 0 radical (unpaired) electrons. The van der Waals surface area contributed by atoms with Gasteiger partial charge >= 0.3 is 0 Å². The standard InChI is InChI=1S/C10H17Cl2NO/c1-8(2,3)7(14)13-6-9(4)5-10(9,11)12/h5-6H2,1-4H3,(H,13,14). The zero-order valence-corrected chi connectivity index (χ0v) is 10.6. The van der Waals surface area contributed by atoms with Gasteiger partial charge in [0.1, 0.15) is 4.33 Å². The second-order valence-electron chi connectivity index (χ2n) is 5.37. The summed E-state index contributed by atoms with van der Waals surface area (Å²) in [4.78, 5) is 11.6. The number of carbonyl (C=O) groups excluding carboxylic acids is 1. The molecule has 1 N–H and O–H groups in total. The van der Waals surface area contributed by atoms with Crippen molar-refractivity contribution in [1.82, 2.24) is 5.32 Å². The van der Waals surface area contributed by atoms with E-state index >= 15 is 0 Å². The van der Waals surface area contributed by atoms with Crippen LogP contribution in [0.3, 0.4) is 0 Å². The number of nitrogens with one attached hydrogen (secondary N) is 1. The van der Waals surface area contributed by atoms with Crippen molar-refractivity contribution in [3.8, 4) is 0 Å². The second kappa shape index (κ2) is 3.28. The maximum Gasteiger partial charge on any atom is 0.225 e. The molecule has 0 heterocycles. The predicted molar refractivity (Wildman–Crippen MR) is 59.6 cm³/mol. The van der Waals surface area contributed by atoms with Crippen molar-refractivity contribution in [2.45, 2.75) is 38.4 Å². The lowest BCUT2D eigenvalue weighted by molar-refractivity contribution is -0.128. The Morgan fingerprint density at radius 3 is 2.14 bits per heavy atom. The highest BCUT2D eigenvalue weighted by molar-refractivity contribution is 6.51. The summed E-state index contributed by atoms with van der Waals surface area (Å²) in [7, 11) is 0. The minimum absolute atomic E-state index is 0.0368. The summed E-state index contributed by atoms with van der Waals surface area (Å²) in [6.45, 7) is 8.18. The van der Waals surface area contributed by atoms with Crippen LogP contribution in [0.2, 0.25) is 0 Å². The van der Waals surface area contributed by atoms with E-state index in [9.17, 15) is 4.79 Å². The van der Waals surface area contributed by atoms with Crippen molar-refractivity contribution in [3.63, 3.8) is 0 Å². The maximum absolute atomic E-state index is 11.6. The monoisotopic (exact) mass is 237 g/mol. The van der Waals surface area contributed by atoms with Crippen LogP contribution in [0, 0.1) is 10.8 Å². The van der Waals surface area contributed by atoms with Crippen LogP contribution in [-0.4, -0.2) is 16.8 Å². The molecule has 1 unspecified atom stereocenters. The topological polar surface area (TPSA) is 29.1 Å². The molecule has 4 heteroatoms. The van der Waals surface area contributed by atoms with Crippen molar-refractivity contribution < 1.29 is 4.79 Å². The van der Waals surface area contributed by atoms with Crippen LogP contribution in [0.15, 0.2) is 0 Å². The summed E-state index contributed by atoms with van der Waals surface area (Å²) in [6, 6.07) is 0. The van der Waals surface area contributed by atoms with Crippen molar-refractivity contribution >= 4 is 29.1 Å². The van der Waals surface area contributed by atoms with E-state index in [-0.39, 0.29) is 16.7 Å². The number of halogens is 2. The fourth-order valence-corrected chi connectivity index (χ4v) is 1.90. The first-order chi connectivity index (χ1) is 6.08. The molecule has 0 saturated heterocycles. The Labute approximate surface area is 95.3 Å². The molecular formula is C10H17Cl2NO. The van der Waals surface area contributed by atoms with E-state index < -0.39 is 4.33 Å². The van der Waals surface area contributed by atoms with Gasteiger partial charge in [-0.2, -0.15) is 0 Å². The lowest BCUT2D eigenvalue weighted by Crippen LogP contribution is -2.38. The molecule has 1 atom stereocenters. The van der Waals surface area contributed by atoms with E-state index in [1.165, 1.54) is 0 Å². The third-order valence-corrected chi connectivity index (χ3v) is 3.87. The zero-order valence-electron chi connectivity index (χ0n) is 9.08. The first-order valence-corrected chi connectivity index (χ1v) is 5.50. The number of alkyl halides is 2. The van der Waals surface area contributed by atoms with Crippen LogP contribution in [0.5, 0.6) is 0 Å². The van der Waals surface area contributed by atoms with Crippen LogP contribution >= 0.6 is 23.2 Å². The summed E-state index contributed by atoms with van der Waals surface area (Å²) in [5, 5.41) is 2.87. The molecule has 1 fully saturated rings. The highest BCUT2D eigenvalue weighted by atomic mass is 35.5. The van der Waals surface area contributed by atoms with Gasteiger partial charge in [-0.3, -0.25) is 4.79 Å². The fourth-order valence-electron chi connectivity index (χ4n) is 1.18. The normalized spacial score (nSPS) is 29.9. The molecule has 0 spiro atoms. The van der Waals surface area contributed by atoms with Gasteiger partial charge in [-0.1, -0.05) is 27.7 Å². The third-order valence-electron chi connectivity index (χ3n) is 2.69. The molecule has 0 aliphatic heterocycles. The van der Waals surface area contributed by atoms with E-state index in [0.29, 0.717) is 6.54 Å². The molecule has 1 saturated carbocycles. The largest absolute Gasteiger partial charge is 0.355 e. The Kier molecular flexibility index (Phi) is 2.84. The molecule has 1 amide bonds. The van der Waals surface area contributed by atoms with Crippen LogP contribution < -0.4 is 5.32 Å². The molecule has 1 aliphatic rings. The first kappa shape index (κ1) is 12.1. The van der Waals surface area contributed by atoms with Crippen LogP contribution in [0.25, 0.3) is 0 Å². The van der Waals surface area contributed by atoms with Gasteiger partial charge < -0.3 is 5.32 Å². The minimum atomic E-state index is -0.655. The van der Waals surface area contributed by atoms with Crippen LogP contribution in [-0.2, 0) is 4.79 Å². The average molecular weight is 238 g/mol. The molecular weight excluding hydrogens is 221 g/mol. The van der Waals surface area contributed by atoms with Crippen LogP contribution in [0.1, 0.15) is 34.1 Å². The fraction of sp³-hybridized carbons (Fsp3) is 0.900. The minimum Gasteiger partial charge on any atom is -0.355 e. The Hall–Kier alpha value is 0.0500. The summed E-state index contributed by atoms with van der Waals surface area (Å²) >= 11 is 11.9. The molecule has 0 aromatic carbocycles. The average Bonchev–Trinajstić information content (AvgIpc) is 2.45. The molecule has 2 nitrogen and oxygen atoms in total. The van der Waals surface area contributed by atoms with Gasteiger partial charge in [0.15, 0.2) is 0 Å². The van der Waals surface area contributed by atoms with Gasteiger partial charge in [0.25, 0.3) is 0 Å². The number of hydrogen-bond donors (Lipinski definition) is 1. The van der Waals surface area contributed by atoms with E-state index in [4.69, 9.17) is 23.2 Å². The van der Waals surface area contributed by atoms with Gasteiger partial charge in [0.05, 0.1) is 0 Å². The van der Waals surface area contributed by atoms with Crippen molar-refractivity contribution in [2.75, 3.05) is 6.54 Å². The summed E-state index contributed by atoms with van der Waals surface area (Å²) in [6.07, 6.45) is 0.744. The lowest BCUT2D eigenvalue weighted by Gasteiger charge is -2.20. The molecule has 1 rings (SSSR count). The van der Waals surface area contributed by atoms with E-state index in [1.54, 1.807) is 0 Å². The summed E-state index contributed by atoms with van der Waals surface area (Å²) in [5.41, 5.74) is -0.510. The smallest absolute Gasteiger partial charge is 0.225 e. The summed E-state index contributed by atoms with van der Waals surface area (Å²) in [5.74, 6) is 0.0368. The van der Waals surface area contributed by atoms with E-state index in [2.05, 4.69) is 5.32 Å². The van der Waals surface area contributed by atoms with Crippen LogP contribution in [0.4, 0.5) is 0 Å². The Morgan fingerprint density at radius 2 is 1.86 bits per heavy atom. The first-order valence-electron chi connectivity index (χ1n) is 4.75. The SMILES string of the molecule is CC(C)(C)C(=O)NCC1(C)CC1(Cl)Cl.